The molecule has 6 rings (SSSR count). The van der Waals surface area contributed by atoms with Gasteiger partial charge in [-0.05, 0) is 61.1 Å². The number of carbonyl (C=O) groups excluding carboxylic acids is 1. The molecular weight excluding hydrogens is 599 g/mol. The van der Waals surface area contributed by atoms with Crippen molar-refractivity contribution in [1.82, 2.24) is 9.80 Å². The molecule has 0 aromatic heterocycles. The van der Waals surface area contributed by atoms with Crippen LogP contribution >= 0.6 is 0 Å². The number of benzene rings is 2. The number of rotatable bonds is 8. The lowest BCUT2D eigenvalue weighted by molar-refractivity contribution is -0.142. The number of hydrogen-bond acceptors (Lipinski definition) is 6. The molecule has 0 spiro atoms. The van der Waals surface area contributed by atoms with Crippen LogP contribution in [0, 0.1) is 17.8 Å². The van der Waals surface area contributed by atoms with Gasteiger partial charge in [-0.25, -0.2) is 0 Å². The first-order valence-corrected chi connectivity index (χ1v) is 16.5. The number of aliphatic hydroxyl groups excluding tert-OH is 1. The minimum atomic E-state index is -4.54. The van der Waals surface area contributed by atoms with Gasteiger partial charge in [0.05, 0.1) is 24.5 Å². The third-order valence-electron chi connectivity index (χ3n) is 11.0. The molecule has 2 N–H and O–H groups in total. The van der Waals surface area contributed by atoms with Crippen molar-refractivity contribution in [1.29, 1.82) is 0 Å². The molecule has 1 saturated carbocycles. The van der Waals surface area contributed by atoms with Crippen LogP contribution < -0.4 is 9.64 Å². The van der Waals surface area contributed by atoms with E-state index in [1.54, 1.807) is 7.11 Å². The Morgan fingerprint density at radius 1 is 0.913 bits per heavy atom. The summed E-state index contributed by atoms with van der Waals surface area (Å²) < 4.78 is 46.9. The van der Waals surface area contributed by atoms with Crippen molar-refractivity contribution in [3.63, 3.8) is 0 Å². The number of piperidine rings is 1. The number of methoxy groups -OCH3 is 1. The summed E-state index contributed by atoms with van der Waals surface area (Å²) in [6.45, 7) is 2.55. The standard InChI is InChI=1S/C35H44F3N3O5/c1-46-27-9-6-22(7-10-27)29-18-40(26-4-2-3-5-26)20-31(29)33(43)41-17-24(21-42)30(19-41)28-11-8-25(35(36,37)38)16-32(28)39-14-12-23(13-15-39)34(44)45/h6-11,16,23-24,26,29-31,42H,2-5,12-15,17-21H2,1H3,(H,44,45)/t24-,29+,30+,31-/m1/s1. The van der Waals surface area contributed by atoms with Crippen molar-refractivity contribution in [2.45, 2.75) is 62.6 Å². The normalized spacial score (nSPS) is 26.6. The Morgan fingerprint density at radius 2 is 1.61 bits per heavy atom. The van der Waals surface area contributed by atoms with Crippen LogP contribution in [0.2, 0.25) is 0 Å². The van der Waals surface area contributed by atoms with Crippen molar-refractivity contribution in [3.05, 3.63) is 59.2 Å². The van der Waals surface area contributed by atoms with E-state index in [0.29, 0.717) is 62.9 Å². The van der Waals surface area contributed by atoms with Gasteiger partial charge in [-0.2, -0.15) is 13.2 Å². The monoisotopic (exact) mass is 643 g/mol. The number of aliphatic hydroxyl groups is 1. The number of alkyl halides is 3. The van der Waals surface area contributed by atoms with Crippen molar-refractivity contribution in [3.8, 4) is 5.75 Å². The minimum absolute atomic E-state index is 0.00259. The van der Waals surface area contributed by atoms with Gasteiger partial charge in [0.25, 0.3) is 0 Å². The minimum Gasteiger partial charge on any atom is -0.497 e. The van der Waals surface area contributed by atoms with Crippen LogP contribution in [0.5, 0.6) is 5.75 Å². The maximum atomic E-state index is 14.4. The predicted octanol–water partition coefficient (Wildman–Crippen LogP) is 5.21. The molecule has 11 heteroatoms. The number of nitrogens with zero attached hydrogens (tertiary/aromatic N) is 3. The molecule has 2 aromatic carbocycles. The average Bonchev–Trinajstić information content (AvgIpc) is 3.84. The molecule has 3 heterocycles. The summed E-state index contributed by atoms with van der Waals surface area (Å²) in [5, 5.41) is 20.0. The zero-order valence-electron chi connectivity index (χ0n) is 26.3. The summed E-state index contributed by atoms with van der Waals surface area (Å²) in [5.41, 5.74) is 1.41. The third kappa shape index (κ3) is 6.58. The number of carboxylic acids is 1. The molecule has 4 atom stereocenters. The van der Waals surface area contributed by atoms with E-state index in [0.717, 1.165) is 42.8 Å². The fourth-order valence-corrected chi connectivity index (χ4v) is 8.34. The molecule has 0 bridgehead atoms. The van der Waals surface area contributed by atoms with Crippen LogP contribution in [0.3, 0.4) is 0 Å². The van der Waals surface area contributed by atoms with Gasteiger partial charge in [0.2, 0.25) is 5.91 Å². The van der Waals surface area contributed by atoms with Crippen molar-refractivity contribution in [2.75, 3.05) is 57.9 Å². The molecule has 4 fully saturated rings. The third-order valence-corrected chi connectivity index (χ3v) is 11.0. The second-order valence-electron chi connectivity index (χ2n) is 13.5. The zero-order chi connectivity index (χ0) is 32.6. The molecule has 1 amide bonds. The Kier molecular flexibility index (Phi) is 9.53. The van der Waals surface area contributed by atoms with E-state index < -0.39 is 23.6 Å². The molecule has 0 radical (unpaired) electrons. The molecule has 3 saturated heterocycles. The summed E-state index contributed by atoms with van der Waals surface area (Å²) in [6.07, 6.45) is 0.811. The van der Waals surface area contributed by atoms with Gasteiger partial charge in [0.15, 0.2) is 0 Å². The molecule has 2 aromatic rings. The lowest BCUT2D eigenvalue weighted by atomic mass is 9.86. The Labute approximate surface area is 268 Å². The van der Waals surface area contributed by atoms with Crippen LogP contribution in [0.1, 0.15) is 67.1 Å². The predicted molar refractivity (Wildman–Crippen MR) is 167 cm³/mol. The highest BCUT2D eigenvalue weighted by Crippen LogP contribution is 2.44. The van der Waals surface area contributed by atoms with E-state index in [1.165, 1.54) is 18.9 Å². The molecule has 4 aliphatic rings. The maximum absolute atomic E-state index is 14.4. The average molecular weight is 644 g/mol. The highest BCUT2D eigenvalue weighted by molar-refractivity contribution is 5.81. The number of hydrogen-bond donors (Lipinski definition) is 2. The van der Waals surface area contributed by atoms with E-state index in [-0.39, 0.29) is 36.2 Å². The van der Waals surface area contributed by atoms with E-state index in [2.05, 4.69) is 4.90 Å². The van der Waals surface area contributed by atoms with Gasteiger partial charge in [0.1, 0.15) is 5.75 Å². The molecule has 1 aliphatic carbocycles. The summed E-state index contributed by atoms with van der Waals surface area (Å²) in [7, 11) is 1.63. The number of anilines is 1. The SMILES string of the molecule is COc1ccc([C@@H]2CN(C3CCCC3)C[C@H]2C(=O)N2C[C@H](CO)[C@@H](c3ccc(C(F)(F)F)cc3N3CCC(C(=O)O)CC3)C2)cc1. The fraction of sp³-hybridized carbons (Fsp3) is 0.600. The molecular formula is C35H44F3N3O5. The van der Waals surface area contributed by atoms with Gasteiger partial charge in [-0.3, -0.25) is 14.5 Å². The second-order valence-corrected chi connectivity index (χ2v) is 13.5. The van der Waals surface area contributed by atoms with Crippen LogP contribution in [0.25, 0.3) is 0 Å². The number of carboxylic acid groups (broad SMARTS) is 1. The fourth-order valence-electron chi connectivity index (χ4n) is 8.34. The van der Waals surface area contributed by atoms with Crippen LogP contribution in [-0.2, 0) is 15.8 Å². The summed E-state index contributed by atoms with van der Waals surface area (Å²) in [4.78, 5) is 32.1. The number of amides is 1. The number of likely N-dealkylation sites (tertiary alicyclic amines) is 2. The number of aliphatic carboxylic acids is 1. The molecule has 250 valence electrons. The summed E-state index contributed by atoms with van der Waals surface area (Å²) in [5.74, 6) is -1.58. The van der Waals surface area contributed by atoms with Crippen LogP contribution in [0.4, 0.5) is 18.9 Å². The molecule has 46 heavy (non-hydrogen) atoms. The Bertz CT molecular complexity index is 1390. The molecule has 0 unspecified atom stereocenters. The van der Waals surface area contributed by atoms with E-state index in [9.17, 15) is 33.0 Å². The summed E-state index contributed by atoms with van der Waals surface area (Å²) >= 11 is 0. The van der Waals surface area contributed by atoms with E-state index in [1.807, 2.05) is 34.1 Å². The Morgan fingerprint density at radius 3 is 2.22 bits per heavy atom. The lowest BCUT2D eigenvalue weighted by Crippen LogP contribution is -2.39. The smallest absolute Gasteiger partial charge is 0.416 e. The highest BCUT2D eigenvalue weighted by Gasteiger charge is 2.46. The van der Waals surface area contributed by atoms with Crippen LogP contribution in [0.15, 0.2) is 42.5 Å². The first kappa shape index (κ1) is 32.6. The number of carbonyl (C=O) groups is 2. The van der Waals surface area contributed by atoms with Gasteiger partial charge in [-0.15, -0.1) is 0 Å². The topological polar surface area (TPSA) is 93.6 Å². The van der Waals surface area contributed by atoms with Crippen molar-refractivity contribution >= 4 is 17.6 Å². The van der Waals surface area contributed by atoms with E-state index in [4.69, 9.17) is 4.74 Å². The first-order valence-electron chi connectivity index (χ1n) is 16.5. The number of halogens is 3. The molecule has 8 nitrogen and oxygen atoms in total. The van der Waals surface area contributed by atoms with Gasteiger partial charge in [-0.1, -0.05) is 31.0 Å². The van der Waals surface area contributed by atoms with Crippen molar-refractivity contribution < 1.29 is 37.7 Å². The quantitative estimate of drug-likeness (QED) is 0.408. The van der Waals surface area contributed by atoms with Gasteiger partial charge in [0, 0.05) is 75.4 Å². The Hall–Kier alpha value is -3.31. The largest absolute Gasteiger partial charge is 0.497 e. The van der Waals surface area contributed by atoms with Crippen molar-refractivity contribution in [2.24, 2.45) is 17.8 Å². The second kappa shape index (κ2) is 13.4. The van der Waals surface area contributed by atoms with Crippen LogP contribution in [-0.4, -0.2) is 90.9 Å². The lowest BCUT2D eigenvalue weighted by Gasteiger charge is -2.35. The maximum Gasteiger partial charge on any atom is 0.416 e. The van der Waals surface area contributed by atoms with Gasteiger partial charge >= 0.3 is 12.1 Å². The first-order chi connectivity index (χ1) is 22.1. The highest BCUT2D eigenvalue weighted by atomic mass is 19.4. The van der Waals surface area contributed by atoms with E-state index >= 15 is 0 Å². The molecule has 3 aliphatic heterocycles. The van der Waals surface area contributed by atoms with Gasteiger partial charge < -0.3 is 24.7 Å². The number of ether oxygens (including phenoxy) is 1. The summed E-state index contributed by atoms with van der Waals surface area (Å²) in [6, 6.07) is 12.1. The Balaban J connectivity index is 1.27. The zero-order valence-corrected chi connectivity index (χ0v) is 26.3.